The van der Waals surface area contributed by atoms with Gasteiger partial charge >= 0.3 is 11.9 Å². The molecule has 0 spiro atoms. The molecule has 8 heteroatoms. The Morgan fingerprint density at radius 1 is 1.26 bits per heavy atom. The molecule has 7 nitrogen and oxygen atoms in total. The molecular formula is C23H26N2O5S. The predicted octanol–water partition coefficient (Wildman–Crippen LogP) is 3.84. The Balaban J connectivity index is 2.08. The molecule has 1 aliphatic heterocycles. The Morgan fingerprint density at radius 3 is 2.58 bits per heavy atom. The van der Waals surface area contributed by atoms with Crippen LogP contribution in [0.25, 0.3) is 10.1 Å². The van der Waals surface area contributed by atoms with Crippen molar-refractivity contribution in [2.24, 2.45) is 0 Å². The molecule has 3 aromatic rings. The number of nitrogens with zero attached hydrogens (tertiary/aromatic N) is 2. The summed E-state index contributed by atoms with van der Waals surface area (Å²) in [6.07, 6.45) is 0. The second-order valence-electron chi connectivity index (χ2n) is 8.03. The minimum atomic E-state index is -1.70. The zero-order chi connectivity index (χ0) is 22.3. The van der Waals surface area contributed by atoms with Gasteiger partial charge in [-0.1, -0.05) is 44.2 Å². The van der Waals surface area contributed by atoms with Crippen LogP contribution in [0.4, 0.5) is 0 Å². The third-order valence-corrected chi connectivity index (χ3v) is 6.63. The van der Waals surface area contributed by atoms with E-state index in [1.165, 1.54) is 29.5 Å². The average Bonchev–Trinajstić information content (AvgIpc) is 3.10. The van der Waals surface area contributed by atoms with E-state index in [0.717, 1.165) is 21.6 Å². The van der Waals surface area contributed by atoms with Gasteiger partial charge in [-0.15, -0.1) is 0 Å². The molecule has 0 amide bonds. The minimum absolute atomic E-state index is 0.106. The first-order valence-corrected chi connectivity index (χ1v) is 10.9. The van der Waals surface area contributed by atoms with Gasteiger partial charge in [-0.05, 0) is 36.1 Å². The quantitative estimate of drug-likeness (QED) is 0.442. The normalized spacial score (nSPS) is 16.1. The second kappa shape index (κ2) is 8.11. The molecule has 0 aliphatic carbocycles. The van der Waals surface area contributed by atoms with Gasteiger partial charge in [-0.25, -0.2) is 0 Å². The van der Waals surface area contributed by atoms with Crippen molar-refractivity contribution in [2.45, 2.75) is 39.1 Å². The average molecular weight is 443 g/mol. The summed E-state index contributed by atoms with van der Waals surface area (Å²) in [6, 6.07) is 11.0. The lowest BCUT2D eigenvalue weighted by molar-refractivity contribution is -0.237. The van der Waals surface area contributed by atoms with Crippen LogP contribution in [0.1, 0.15) is 43.4 Å². The highest BCUT2D eigenvalue weighted by Crippen LogP contribution is 2.41. The van der Waals surface area contributed by atoms with Gasteiger partial charge in [0.15, 0.2) is 0 Å². The third kappa shape index (κ3) is 3.54. The first kappa shape index (κ1) is 21.5. The van der Waals surface area contributed by atoms with Gasteiger partial charge in [0.05, 0.1) is 10.1 Å². The van der Waals surface area contributed by atoms with Crippen LogP contribution < -0.4 is 10.3 Å². The van der Waals surface area contributed by atoms with Crippen molar-refractivity contribution in [1.29, 1.82) is 0 Å². The summed E-state index contributed by atoms with van der Waals surface area (Å²) in [7, 11) is 3.40. The van der Waals surface area contributed by atoms with E-state index in [1.54, 1.807) is 12.1 Å². The maximum atomic E-state index is 13.8. The first-order chi connectivity index (χ1) is 14.8. The minimum Gasteiger partial charge on any atom is -0.478 e. The van der Waals surface area contributed by atoms with E-state index < -0.39 is 11.9 Å². The SMILES string of the molecule is COC(OC(C)=O)(c1ccccc1)n1sc2c3c(cc(C(C)C)c2c1=O)OCN(C)C3. The molecule has 2 aromatic carbocycles. The number of methoxy groups -OCH3 is 1. The van der Waals surface area contributed by atoms with E-state index in [2.05, 4.69) is 0 Å². The third-order valence-electron chi connectivity index (χ3n) is 5.41. The van der Waals surface area contributed by atoms with Crippen molar-refractivity contribution in [3.8, 4) is 5.75 Å². The number of hydrogen-bond donors (Lipinski definition) is 0. The van der Waals surface area contributed by atoms with Crippen LogP contribution in [0.2, 0.25) is 0 Å². The molecule has 0 N–H and O–H groups in total. The first-order valence-electron chi connectivity index (χ1n) is 10.1. The maximum absolute atomic E-state index is 13.8. The lowest BCUT2D eigenvalue weighted by Gasteiger charge is -2.31. The van der Waals surface area contributed by atoms with Crippen molar-refractivity contribution in [2.75, 3.05) is 20.9 Å². The standard InChI is InChI=1S/C23H26N2O5S/c1-14(2)17-11-19-18(12-24(4)13-29-19)21-20(17)22(27)25(31-21)23(28-5,30-15(3)26)16-9-7-6-8-10-16/h6-11,14H,12-13H2,1-5H3. The highest BCUT2D eigenvalue weighted by molar-refractivity contribution is 7.14. The second-order valence-corrected chi connectivity index (χ2v) is 8.98. The Morgan fingerprint density at radius 2 is 1.97 bits per heavy atom. The number of rotatable bonds is 5. The molecule has 2 heterocycles. The number of benzene rings is 2. The largest absolute Gasteiger partial charge is 0.478 e. The van der Waals surface area contributed by atoms with Crippen LogP contribution in [0.15, 0.2) is 41.2 Å². The van der Waals surface area contributed by atoms with Crippen molar-refractivity contribution < 1.29 is 19.0 Å². The molecule has 0 bridgehead atoms. The van der Waals surface area contributed by atoms with Gasteiger partial charge in [0.25, 0.3) is 5.56 Å². The van der Waals surface area contributed by atoms with Crippen molar-refractivity contribution in [1.82, 2.24) is 8.86 Å². The molecule has 0 fully saturated rings. The number of aromatic nitrogens is 1. The molecular weight excluding hydrogens is 416 g/mol. The summed E-state index contributed by atoms with van der Waals surface area (Å²) in [4.78, 5) is 28.0. The Labute approximate surface area is 184 Å². The monoisotopic (exact) mass is 442 g/mol. The van der Waals surface area contributed by atoms with Crippen LogP contribution in [-0.4, -0.2) is 35.7 Å². The fraction of sp³-hybridized carbons (Fsp3) is 0.391. The number of fused-ring (bicyclic) bond motifs is 3. The zero-order valence-corrected chi connectivity index (χ0v) is 19.1. The number of carbonyl (C=O) groups excluding carboxylic acids is 1. The summed E-state index contributed by atoms with van der Waals surface area (Å²) in [6.45, 7) is 6.54. The summed E-state index contributed by atoms with van der Waals surface area (Å²) in [5.41, 5.74) is 2.15. The highest BCUT2D eigenvalue weighted by atomic mass is 32.1. The number of ether oxygens (including phenoxy) is 3. The molecule has 0 saturated carbocycles. The fourth-order valence-corrected chi connectivity index (χ4v) is 5.24. The number of carbonyl (C=O) groups is 1. The summed E-state index contributed by atoms with van der Waals surface area (Å²) in [5, 5.41) is 0.613. The molecule has 0 radical (unpaired) electrons. The van der Waals surface area contributed by atoms with Gasteiger partial charge < -0.3 is 14.2 Å². The molecule has 1 unspecified atom stereocenters. The smallest absolute Gasteiger partial charge is 0.340 e. The molecule has 1 aromatic heterocycles. The summed E-state index contributed by atoms with van der Waals surface area (Å²) in [5.74, 6) is -1.35. The number of esters is 1. The van der Waals surface area contributed by atoms with Crippen LogP contribution in [-0.2, 0) is 26.7 Å². The van der Waals surface area contributed by atoms with Crippen molar-refractivity contribution in [3.05, 3.63) is 63.4 Å². The van der Waals surface area contributed by atoms with Gasteiger partial charge in [0, 0.05) is 31.7 Å². The molecule has 4 rings (SSSR count). The van der Waals surface area contributed by atoms with Crippen LogP contribution in [0.3, 0.4) is 0 Å². The van der Waals surface area contributed by atoms with E-state index in [0.29, 0.717) is 24.2 Å². The maximum Gasteiger partial charge on any atom is 0.340 e. The van der Waals surface area contributed by atoms with Crippen LogP contribution >= 0.6 is 11.5 Å². The molecule has 0 saturated heterocycles. The number of hydrogen-bond acceptors (Lipinski definition) is 7. The summed E-state index contributed by atoms with van der Waals surface area (Å²) >= 11 is 1.24. The van der Waals surface area contributed by atoms with Gasteiger partial charge in [0.1, 0.15) is 12.5 Å². The van der Waals surface area contributed by atoms with E-state index in [9.17, 15) is 9.59 Å². The Bertz CT molecular complexity index is 1180. The lowest BCUT2D eigenvalue weighted by atomic mass is 9.96. The Hall–Kier alpha value is -2.68. The van der Waals surface area contributed by atoms with Crippen molar-refractivity contribution in [3.63, 3.8) is 0 Å². The fourth-order valence-electron chi connectivity index (χ4n) is 3.98. The van der Waals surface area contributed by atoms with E-state index >= 15 is 0 Å². The van der Waals surface area contributed by atoms with Crippen LogP contribution in [0.5, 0.6) is 5.75 Å². The van der Waals surface area contributed by atoms with E-state index in [1.807, 2.05) is 50.1 Å². The zero-order valence-electron chi connectivity index (χ0n) is 18.3. The predicted molar refractivity (Wildman–Crippen MR) is 119 cm³/mol. The topological polar surface area (TPSA) is 70.0 Å². The lowest BCUT2D eigenvalue weighted by Crippen LogP contribution is -2.44. The van der Waals surface area contributed by atoms with Gasteiger partial charge in [-0.3, -0.25) is 14.5 Å². The summed E-state index contributed by atoms with van der Waals surface area (Å²) < 4.78 is 19.7. The molecule has 164 valence electrons. The molecule has 1 atom stereocenters. The Kier molecular flexibility index (Phi) is 5.63. The van der Waals surface area contributed by atoms with Crippen molar-refractivity contribution >= 4 is 27.6 Å². The van der Waals surface area contributed by atoms with Gasteiger partial charge in [0.2, 0.25) is 0 Å². The highest BCUT2D eigenvalue weighted by Gasteiger charge is 2.42. The van der Waals surface area contributed by atoms with Crippen LogP contribution in [0, 0.1) is 0 Å². The molecule has 31 heavy (non-hydrogen) atoms. The van der Waals surface area contributed by atoms with Gasteiger partial charge in [-0.2, -0.15) is 3.96 Å². The molecule has 1 aliphatic rings. The van der Waals surface area contributed by atoms with E-state index in [-0.39, 0.29) is 11.5 Å². The van der Waals surface area contributed by atoms with E-state index in [4.69, 9.17) is 14.2 Å².